The standard InChI is InChI=1S/C18H15N3O3/c1-24-18-11-10-13-6-2-3-7-14(13)15(18)12-19-20-16-8-4-5-9-17(16)21(22)23/h2-12,20H,1H3/b19-12-. The van der Waals surface area contributed by atoms with Crippen molar-refractivity contribution in [3.8, 4) is 5.75 Å². The molecule has 0 heterocycles. The van der Waals surface area contributed by atoms with E-state index in [2.05, 4.69) is 10.5 Å². The summed E-state index contributed by atoms with van der Waals surface area (Å²) in [5, 5.41) is 17.2. The van der Waals surface area contributed by atoms with Crippen LogP contribution in [-0.4, -0.2) is 18.2 Å². The monoisotopic (exact) mass is 321 g/mol. The number of fused-ring (bicyclic) bond motifs is 1. The number of hydrazone groups is 1. The van der Waals surface area contributed by atoms with Gasteiger partial charge in [0.25, 0.3) is 5.69 Å². The number of benzene rings is 3. The van der Waals surface area contributed by atoms with Crippen molar-refractivity contribution in [2.75, 3.05) is 12.5 Å². The molecular weight excluding hydrogens is 306 g/mol. The fraction of sp³-hybridized carbons (Fsp3) is 0.0556. The second-order valence-corrected chi connectivity index (χ2v) is 5.05. The Labute approximate surface area is 138 Å². The molecule has 3 aromatic rings. The zero-order valence-corrected chi connectivity index (χ0v) is 13.0. The van der Waals surface area contributed by atoms with Crippen LogP contribution in [-0.2, 0) is 0 Å². The summed E-state index contributed by atoms with van der Waals surface area (Å²) in [5.41, 5.74) is 3.84. The van der Waals surface area contributed by atoms with Crippen molar-refractivity contribution in [2.24, 2.45) is 5.10 Å². The minimum atomic E-state index is -0.448. The van der Waals surface area contributed by atoms with Crippen LogP contribution >= 0.6 is 0 Å². The lowest BCUT2D eigenvalue weighted by atomic mass is 10.0. The lowest BCUT2D eigenvalue weighted by Crippen LogP contribution is -1.98. The number of nitro benzene ring substituents is 1. The molecule has 0 aromatic heterocycles. The van der Waals surface area contributed by atoms with Crippen LogP contribution in [0.4, 0.5) is 11.4 Å². The summed E-state index contributed by atoms with van der Waals surface area (Å²) in [4.78, 5) is 10.6. The van der Waals surface area contributed by atoms with E-state index < -0.39 is 4.92 Å². The second kappa shape index (κ2) is 6.78. The maximum absolute atomic E-state index is 11.0. The van der Waals surface area contributed by atoms with E-state index >= 15 is 0 Å². The van der Waals surface area contributed by atoms with Gasteiger partial charge in [0.1, 0.15) is 11.4 Å². The summed E-state index contributed by atoms with van der Waals surface area (Å²) in [6, 6.07) is 18.1. The molecule has 120 valence electrons. The Morgan fingerprint density at radius 3 is 2.62 bits per heavy atom. The third-order valence-corrected chi connectivity index (χ3v) is 3.63. The van der Waals surface area contributed by atoms with Crippen LogP contribution in [0.3, 0.4) is 0 Å². The van der Waals surface area contributed by atoms with E-state index in [1.54, 1.807) is 31.5 Å². The molecule has 6 nitrogen and oxygen atoms in total. The van der Waals surface area contributed by atoms with Gasteiger partial charge in [-0.25, -0.2) is 0 Å². The minimum absolute atomic E-state index is 0.0282. The smallest absolute Gasteiger partial charge is 0.294 e. The maximum atomic E-state index is 11.0. The minimum Gasteiger partial charge on any atom is -0.496 e. The molecule has 0 spiro atoms. The van der Waals surface area contributed by atoms with Crippen LogP contribution in [0.15, 0.2) is 65.8 Å². The number of rotatable bonds is 5. The SMILES string of the molecule is COc1ccc2ccccc2c1/C=N\Nc1ccccc1[N+](=O)[O-]. The molecule has 0 amide bonds. The normalized spacial score (nSPS) is 10.9. The average molecular weight is 321 g/mol. The molecule has 1 N–H and O–H groups in total. The molecule has 0 saturated carbocycles. The highest BCUT2D eigenvalue weighted by Gasteiger charge is 2.11. The first-order valence-electron chi connectivity index (χ1n) is 7.29. The van der Waals surface area contributed by atoms with Crippen LogP contribution in [0.2, 0.25) is 0 Å². The predicted molar refractivity (Wildman–Crippen MR) is 94.8 cm³/mol. The van der Waals surface area contributed by atoms with E-state index in [4.69, 9.17) is 4.74 Å². The zero-order valence-electron chi connectivity index (χ0n) is 13.0. The quantitative estimate of drug-likeness (QED) is 0.434. The number of ether oxygens (including phenoxy) is 1. The lowest BCUT2D eigenvalue weighted by Gasteiger charge is -2.08. The molecule has 6 heteroatoms. The predicted octanol–water partition coefficient (Wildman–Crippen LogP) is 4.20. The first kappa shape index (κ1) is 15.5. The highest BCUT2D eigenvalue weighted by atomic mass is 16.6. The number of methoxy groups -OCH3 is 1. The molecule has 0 aliphatic heterocycles. The molecule has 0 fully saturated rings. The molecule has 3 rings (SSSR count). The van der Waals surface area contributed by atoms with Crippen molar-refractivity contribution in [2.45, 2.75) is 0 Å². The van der Waals surface area contributed by atoms with Gasteiger partial charge in [0.2, 0.25) is 0 Å². The van der Waals surface area contributed by atoms with Crippen molar-refractivity contribution < 1.29 is 9.66 Å². The molecule has 0 radical (unpaired) electrons. The first-order chi connectivity index (χ1) is 11.7. The van der Waals surface area contributed by atoms with Gasteiger partial charge in [0.05, 0.1) is 18.2 Å². The van der Waals surface area contributed by atoms with Crippen LogP contribution in [0.5, 0.6) is 5.75 Å². The molecule has 24 heavy (non-hydrogen) atoms. The highest BCUT2D eigenvalue weighted by molar-refractivity contribution is 6.02. The molecule has 0 bridgehead atoms. The molecule has 0 atom stereocenters. The Kier molecular flexibility index (Phi) is 4.38. The zero-order chi connectivity index (χ0) is 16.9. The molecule has 0 unspecified atom stereocenters. The van der Waals surface area contributed by atoms with Gasteiger partial charge in [-0.2, -0.15) is 5.10 Å². The third kappa shape index (κ3) is 3.03. The number of nitro groups is 1. The van der Waals surface area contributed by atoms with Crippen molar-refractivity contribution in [3.63, 3.8) is 0 Å². The number of hydrogen-bond acceptors (Lipinski definition) is 5. The molecule has 3 aromatic carbocycles. The maximum Gasteiger partial charge on any atom is 0.294 e. The Morgan fingerprint density at radius 2 is 1.83 bits per heavy atom. The number of hydrogen-bond donors (Lipinski definition) is 1. The number of nitrogens with one attached hydrogen (secondary N) is 1. The van der Waals surface area contributed by atoms with Gasteiger partial charge in [-0.05, 0) is 22.9 Å². The van der Waals surface area contributed by atoms with Gasteiger partial charge in [-0.15, -0.1) is 0 Å². The van der Waals surface area contributed by atoms with E-state index in [1.807, 2.05) is 36.4 Å². The molecular formula is C18H15N3O3. The van der Waals surface area contributed by atoms with Gasteiger partial charge in [-0.3, -0.25) is 15.5 Å². The third-order valence-electron chi connectivity index (χ3n) is 3.63. The van der Waals surface area contributed by atoms with Crippen molar-refractivity contribution in [3.05, 3.63) is 76.3 Å². The fourth-order valence-electron chi connectivity index (χ4n) is 2.48. The van der Waals surface area contributed by atoms with Gasteiger partial charge >= 0.3 is 0 Å². The summed E-state index contributed by atoms with van der Waals surface area (Å²) in [5.74, 6) is 0.682. The topological polar surface area (TPSA) is 76.8 Å². The molecule has 0 aliphatic rings. The van der Waals surface area contributed by atoms with Crippen LogP contribution in [0.25, 0.3) is 10.8 Å². The summed E-state index contributed by atoms with van der Waals surface area (Å²) in [6.07, 6.45) is 1.61. The van der Waals surface area contributed by atoms with Gasteiger partial charge in [0.15, 0.2) is 0 Å². The Bertz CT molecular complexity index is 922. The fourth-order valence-corrected chi connectivity index (χ4v) is 2.48. The summed E-state index contributed by atoms with van der Waals surface area (Å²) in [7, 11) is 1.59. The van der Waals surface area contributed by atoms with E-state index in [0.29, 0.717) is 11.4 Å². The number of para-hydroxylation sites is 2. The summed E-state index contributed by atoms with van der Waals surface area (Å²) in [6.45, 7) is 0. The summed E-state index contributed by atoms with van der Waals surface area (Å²) >= 11 is 0. The first-order valence-corrected chi connectivity index (χ1v) is 7.29. The number of nitrogens with zero attached hydrogens (tertiary/aromatic N) is 2. The summed E-state index contributed by atoms with van der Waals surface area (Å²) < 4.78 is 5.39. The Hall–Kier alpha value is -3.41. The van der Waals surface area contributed by atoms with Crippen LogP contribution in [0.1, 0.15) is 5.56 Å². The van der Waals surface area contributed by atoms with Crippen molar-refractivity contribution in [1.29, 1.82) is 0 Å². The van der Waals surface area contributed by atoms with E-state index in [0.717, 1.165) is 16.3 Å². The Balaban J connectivity index is 1.95. The second-order valence-electron chi connectivity index (χ2n) is 5.05. The average Bonchev–Trinajstić information content (AvgIpc) is 2.62. The Morgan fingerprint density at radius 1 is 1.08 bits per heavy atom. The molecule has 0 aliphatic carbocycles. The van der Waals surface area contributed by atoms with Crippen LogP contribution in [0, 0.1) is 10.1 Å². The van der Waals surface area contributed by atoms with Crippen LogP contribution < -0.4 is 10.2 Å². The van der Waals surface area contributed by atoms with Gasteiger partial charge in [-0.1, -0.05) is 42.5 Å². The highest BCUT2D eigenvalue weighted by Crippen LogP contribution is 2.27. The lowest BCUT2D eigenvalue weighted by molar-refractivity contribution is -0.384. The van der Waals surface area contributed by atoms with E-state index in [-0.39, 0.29) is 5.69 Å². The van der Waals surface area contributed by atoms with Crippen molar-refractivity contribution in [1.82, 2.24) is 0 Å². The van der Waals surface area contributed by atoms with Gasteiger partial charge < -0.3 is 4.74 Å². The van der Waals surface area contributed by atoms with Gasteiger partial charge in [0, 0.05) is 11.6 Å². The molecule has 0 saturated heterocycles. The number of anilines is 1. The largest absolute Gasteiger partial charge is 0.496 e. The van der Waals surface area contributed by atoms with E-state index in [1.165, 1.54) is 6.07 Å². The van der Waals surface area contributed by atoms with Crippen molar-refractivity contribution >= 4 is 28.4 Å². The van der Waals surface area contributed by atoms with E-state index in [9.17, 15) is 10.1 Å².